The highest BCUT2D eigenvalue weighted by molar-refractivity contribution is 6.01. The minimum Gasteiger partial charge on any atom is -0.461 e. The molecule has 0 aliphatic heterocycles. The maximum absolute atomic E-state index is 13.0. The first kappa shape index (κ1) is 50.3. The molecule has 0 saturated carbocycles. The van der Waals surface area contributed by atoms with Crippen molar-refractivity contribution >= 4 is 59.1 Å². The molecule has 0 spiro atoms. The molecule has 2 atom stereocenters. The number of hydrogen-bond donors (Lipinski definition) is 6. The summed E-state index contributed by atoms with van der Waals surface area (Å²) < 4.78 is 21.3. The molecule has 1 aromatic heterocycles. The van der Waals surface area contributed by atoms with E-state index in [0.717, 1.165) is 11.1 Å². The van der Waals surface area contributed by atoms with E-state index in [9.17, 15) is 38.4 Å². The van der Waals surface area contributed by atoms with E-state index in [4.69, 9.17) is 30.4 Å². The van der Waals surface area contributed by atoms with Crippen LogP contribution in [0.2, 0.25) is 0 Å². The van der Waals surface area contributed by atoms with Gasteiger partial charge in [-0.25, -0.2) is 19.6 Å². The van der Waals surface area contributed by atoms with Crippen molar-refractivity contribution in [2.75, 3.05) is 24.6 Å². The van der Waals surface area contributed by atoms with Crippen LogP contribution in [-0.4, -0.2) is 82.6 Å². The zero-order valence-corrected chi connectivity index (χ0v) is 36.7. The zero-order chi connectivity index (χ0) is 48.7. The van der Waals surface area contributed by atoms with Crippen LogP contribution in [0.4, 0.5) is 11.6 Å². The molecule has 20 heteroatoms. The SMILES string of the molecule is Nc1nc(C(=O)NCCC(=O)NC(CC(=O)OCc2ccccc2)C(=O)OCc2ccccc2)c(N)nc1C(=O)NCCC(=O)NC(CC(=O)OCc1ccccc1)C(=O)OCc1ccccc1. The molecule has 0 fully saturated rings. The summed E-state index contributed by atoms with van der Waals surface area (Å²) in [4.78, 5) is 111. The molecule has 0 bridgehead atoms. The van der Waals surface area contributed by atoms with Crippen LogP contribution in [0.25, 0.3) is 0 Å². The van der Waals surface area contributed by atoms with E-state index < -0.39 is 95.5 Å². The fourth-order valence-electron chi connectivity index (χ4n) is 6.05. The van der Waals surface area contributed by atoms with Gasteiger partial charge in [-0.1, -0.05) is 121 Å². The number of anilines is 2. The maximum Gasteiger partial charge on any atom is 0.329 e. The van der Waals surface area contributed by atoms with Crippen LogP contribution < -0.4 is 32.7 Å². The Bertz CT molecular complexity index is 2340. The van der Waals surface area contributed by atoms with E-state index in [0.29, 0.717) is 11.1 Å². The number of nitrogens with one attached hydrogen (secondary N) is 4. The summed E-state index contributed by atoms with van der Waals surface area (Å²) >= 11 is 0. The Morgan fingerprint density at radius 2 is 0.735 bits per heavy atom. The molecular weight excluding hydrogens is 881 g/mol. The normalized spacial score (nSPS) is 11.4. The summed E-state index contributed by atoms with van der Waals surface area (Å²) in [6.07, 6.45) is -1.79. The molecule has 0 saturated heterocycles. The first-order chi connectivity index (χ1) is 32.8. The van der Waals surface area contributed by atoms with E-state index in [1.807, 2.05) is 0 Å². The largest absolute Gasteiger partial charge is 0.461 e. The molecule has 0 aliphatic rings. The molecule has 0 aliphatic carbocycles. The van der Waals surface area contributed by atoms with Gasteiger partial charge in [0.1, 0.15) is 38.5 Å². The predicted octanol–water partition coefficient (Wildman–Crippen LogP) is 2.60. The molecule has 0 radical (unpaired) electrons. The third kappa shape index (κ3) is 17.0. The summed E-state index contributed by atoms with van der Waals surface area (Å²) in [5.74, 6) is -7.52. The quantitative estimate of drug-likeness (QED) is 0.0383. The second-order valence-electron chi connectivity index (χ2n) is 14.8. The molecule has 68 heavy (non-hydrogen) atoms. The summed E-state index contributed by atoms with van der Waals surface area (Å²) in [5.41, 5.74) is 13.8. The fourth-order valence-corrected chi connectivity index (χ4v) is 6.05. The molecule has 4 amide bonds. The number of hydrogen-bond acceptors (Lipinski definition) is 16. The summed E-state index contributed by atoms with van der Waals surface area (Å²) in [6, 6.07) is 32.5. The van der Waals surface area contributed by atoms with Crippen LogP contribution in [0.1, 0.15) is 68.9 Å². The second-order valence-corrected chi connectivity index (χ2v) is 14.8. The first-order valence-corrected chi connectivity index (χ1v) is 21.2. The monoisotopic (exact) mass is 930 g/mol. The molecule has 4 aromatic carbocycles. The Morgan fingerprint density at radius 1 is 0.441 bits per heavy atom. The lowest BCUT2D eigenvalue weighted by Crippen LogP contribution is -2.44. The predicted molar refractivity (Wildman–Crippen MR) is 243 cm³/mol. The van der Waals surface area contributed by atoms with Crippen LogP contribution in [0, 0.1) is 0 Å². The smallest absolute Gasteiger partial charge is 0.329 e. The van der Waals surface area contributed by atoms with Gasteiger partial charge in [-0.3, -0.25) is 28.8 Å². The number of nitrogen functional groups attached to an aromatic ring is 2. The standard InChI is InChI=1S/C48H50N8O12/c49-43-41(45(61)51-23-21-37(57)53-35(47(63)67-29-33-17-9-3-10-18-33)25-39(59)65-27-31-13-5-1-6-14-31)55-44(50)42(56-43)46(62)52-24-22-38(58)54-36(48(64)68-30-34-19-11-4-12-20-34)26-40(60)66-28-32-15-7-2-8-16-32/h1-20,35-36H,21-30H2,(H2,50,55)(H2,49,56)(H,51,61)(H,52,62)(H,53,57)(H,54,58). The summed E-state index contributed by atoms with van der Waals surface area (Å²) in [5, 5.41) is 9.78. The number of nitrogens with zero attached hydrogens (tertiary/aromatic N) is 2. The number of ether oxygens (including phenoxy) is 4. The maximum atomic E-state index is 13.0. The summed E-state index contributed by atoms with van der Waals surface area (Å²) in [7, 11) is 0. The number of rotatable bonds is 24. The van der Waals surface area contributed by atoms with Crippen molar-refractivity contribution < 1.29 is 57.3 Å². The molecule has 2 unspecified atom stereocenters. The third-order valence-corrected chi connectivity index (χ3v) is 9.57. The number of esters is 4. The number of aromatic nitrogens is 2. The van der Waals surface area contributed by atoms with Gasteiger partial charge in [0, 0.05) is 25.9 Å². The van der Waals surface area contributed by atoms with Crippen molar-refractivity contribution in [3.8, 4) is 0 Å². The number of nitrogens with two attached hydrogens (primary N) is 2. The number of amides is 4. The molecular formula is C48H50N8O12. The van der Waals surface area contributed by atoms with E-state index >= 15 is 0 Å². The Labute approximate surface area is 390 Å². The summed E-state index contributed by atoms with van der Waals surface area (Å²) in [6.45, 7) is -0.916. The van der Waals surface area contributed by atoms with E-state index in [1.54, 1.807) is 121 Å². The zero-order valence-electron chi connectivity index (χ0n) is 36.7. The highest BCUT2D eigenvalue weighted by atomic mass is 16.5. The Balaban J connectivity index is 1.09. The van der Waals surface area contributed by atoms with Crippen molar-refractivity contribution in [2.45, 2.75) is 64.2 Å². The van der Waals surface area contributed by atoms with Gasteiger partial charge in [-0.15, -0.1) is 0 Å². The van der Waals surface area contributed by atoms with Gasteiger partial charge < -0.3 is 51.7 Å². The lowest BCUT2D eigenvalue weighted by Gasteiger charge is -2.18. The van der Waals surface area contributed by atoms with Gasteiger partial charge in [-0.2, -0.15) is 0 Å². The van der Waals surface area contributed by atoms with Crippen LogP contribution >= 0.6 is 0 Å². The highest BCUT2D eigenvalue weighted by Gasteiger charge is 2.28. The van der Waals surface area contributed by atoms with Crippen LogP contribution in [0.5, 0.6) is 0 Å². The van der Waals surface area contributed by atoms with Crippen molar-refractivity contribution in [3.05, 3.63) is 155 Å². The second kappa shape index (κ2) is 26.3. The molecule has 5 rings (SSSR count). The Morgan fingerprint density at radius 3 is 1.04 bits per heavy atom. The van der Waals surface area contributed by atoms with E-state index in [1.165, 1.54) is 0 Å². The van der Waals surface area contributed by atoms with Gasteiger partial charge in [0.2, 0.25) is 11.8 Å². The lowest BCUT2D eigenvalue weighted by atomic mass is 10.2. The van der Waals surface area contributed by atoms with Gasteiger partial charge in [-0.05, 0) is 22.3 Å². The number of benzene rings is 4. The minimum absolute atomic E-state index is 0.0535. The van der Waals surface area contributed by atoms with Gasteiger partial charge >= 0.3 is 23.9 Å². The fraction of sp³-hybridized carbons (Fsp3) is 0.250. The van der Waals surface area contributed by atoms with Gasteiger partial charge in [0.25, 0.3) is 11.8 Å². The van der Waals surface area contributed by atoms with Crippen molar-refractivity contribution in [2.24, 2.45) is 0 Å². The Kier molecular flexibility index (Phi) is 19.5. The van der Waals surface area contributed by atoms with E-state index in [-0.39, 0.29) is 52.4 Å². The van der Waals surface area contributed by atoms with E-state index in [2.05, 4.69) is 31.2 Å². The minimum atomic E-state index is -1.41. The van der Waals surface area contributed by atoms with Crippen molar-refractivity contribution in [3.63, 3.8) is 0 Å². The average molecular weight is 931 g/mol. The molecule has 20 nitrogen and oxygen atoms in total. The van der Waals surface area contributed by atoms with Crippen LogP contribution in [0.15, 0.2) is 121 Å². The van der Waals surface area contributed by atoms with Gasteiger partial charge in [0.15, 0.2) is 23.0 Å². The lowest BCUT2D eigenvalue weighted by molar-refractivity contribution is -0.155. The topological polar surface area (TPSA) is 299 Å². The average Bonchev–Trinajstić information content (AvgIpc) is 3.34. The number of carbonyl (C=O) groups excluding carboxylic acids is 8. The Hall–Kier alpha value is -8.68. The third-order valence-electron chi connectivity index (χ3n) is 9.57. The molecule has 8 N–H and O–H groups in total. The number of carbonyl (C=O) groups is 8. The van der Waals surface area contributed by atoms with Crippen LogP contribution in [-0.2, 0) is 74.1 Å². The molecule has 1 heterocycles. The highest BCUT2D eigenvalue weighted by Crippen LogP contribution is 2.14. The van der Waals surface area contributed by atoms with Crippen molar-refractivity contribution in [1.29, 1.82) is 0 Å². The first-order valence-electron chi connectivity index (χ1n) is 21.2. The van der Waals surface area contributed by atoms with Crippen LogP contribution in [0.3, 0.4) is 0 Å². The van der Waals surface area contributed by atoms with Gasteiger partial charge in [0.05, 0.1) is 12.8 Å². The van der Waals surface area contributed by atoms with Crippen molar-refractivity contribution in [1.82, 2.24) is 31.2 Å². The molecule has 354 valence electrons. The molecule has 5 aromatic rings.